The van der Waals surface area contributed by atoms with E-state index >= 15 is 0 Å². The Bertz CT molecular complexity index is 669. The Morgan fingerprint density at radius 1 is 1.31 bits per heavy atom. The second-order valence-corrected chi connectivity index (χ2v) is 7.83. The van der Waals surface area contributed by atoms with Crippen LogP contribution >= 0.6 is 11.6 Å². The number of unbranched alkanes of at least 4 members (excludes halogenated alkanes) is 2. The Morgan fingerprint density at radius 3 is 2.79 bits per heavy atom. The number of ether oxygens (including phenoxy) is 1. The molecule has 2 N–H and O–H groups in total. The van der Waals surface area contributed by atoms with Gasteiger partial charge in [-0.3, -0.25) is 14.5 Å². The van der Waals surface area contributed by atoms with Crippen molar-refractivity contribution in [2.24, 2.45) is 0 Å². The van der Waals surface area contributed by atoms with Crippen molar-refractivity contribution < 1.29 is 18.7 Å². The lowest BCUT2D eigenvalue weighted by Crippen LogP contribution is -2.46. The van der Waals surface area contributed by atoms with Crippen LogP contribution in [0.2, 0.25) is 5.02 Å². The zero-order chi connectivity index (χ0) is 21.2. The van der Waals surface area contributed by atoms with Crippen molar-refractivity contribution in [3.63, 3.8) is 0 Å². The van der Waals surface area contributed by atoms with Crippen molar-refractivity contribution in [3.05, 3.63) is 34.6 Å². The van der Waals surface area contributed by atoms with Crippen LogP contribution in [0.15, 0.2) is 18.2 Å². The van der Waals surface area contributed by atoms with Gasteiger partial charge in [0.25, 0.3) is 0 Å². The van der Waals surface area contributed by atoms with Gasteiger partial charge in [0, 0.05) is 50.1 Å². The highest BCUT2D eigenvalue weighted by Crippen LogP contribution is 2.31. The summed E-state index contributed by atoms with van der Waals surface area (Å²) in [5.74, 6) is -0.477. The van der Waals surface area contributed by atoms with Crippen LogP contribution in [0, 0.1) is 5.82 Å². The predicted octanol–water partition coefficient (Wildman–Crippen LogP) is 3.05. The van der Waals surface area contributed by atoms with E-state index < -0.39 is 0 Å². The molecule has 0 bridgehead atoms. The van der Waals surface area contributed by atoms with E-state index in [2.05, 4.69) is 15.5 Å². The molecule has 2 atom stereocenters. The summed E-state index contributed by atoms with van der Waals surface area (Å²) in [5.41, 5.74) is 0.416. The Hall–Kier alpha value is -1.70. The fraction of sp³-hybridized carbons (Fsp3) is 0.619. The molecule has 2 unspecified atom stereocenters. The number of carbonyl (C=O) groups excluding carboxylic acids is 2. The number of carbonyl (C=O) groups is 2. The molecule has 1 aliphatic rings. The summed E-state index contributed by atoms with van der Waals surface area (Å²) in [5, 5.41) is 6.04. The second kappa shape index (κ2) is 12.1. The summed E-state index contributed by atoms with van der Waals surface area (Å²) in [6, 6.07) is 4.31. The predicted molar refractivity (Wildman–Crippen MR) is 111 cm³/mol. The first-order valence-corrected chi connectivity index (χ1v) is 10.6. The highest BCUT2D eigenvalue weighted by atomic mass is 35.5. The highest BCUT2D eigenvalue weighted by Gasteiger charge is 2.29. The topological polar surface area (TPSA) is 70.7 Å². The van der Waals surface area contributed by atoms with Crippen molar-refractivity contribution in [2.45, 2.75) is 51.7 Å². The molecular formula is C21H31ClFN3O3. The van der Waals surface area contributed by atoms with Crippen LogP contribution in [0.1, 0.15) is 51.1 Å². The monoisotopic (exact) mass is 427 g/mol. The first-order valence-electron chi connectivity index (χ1n) is 10.2. The van der Waals surface area contributed by atoms with Gasteiger partial charge in [-0.15, -0.1) is 0 Å². The molecule has 1 aromatic carbocycles. The number of hydrogen-bond donors (Lipinski definition) is 2. The molecule has 0 saturated carbocycles. The normalized spacial score (nSPS) is 18.3. The van der Waals surface area contributed by atoms with Gasteiger partial charge in [0.2, 0.25) is 11.8 Å². The molecule has 29 heavy (non-hydrogen) atoms. The molecule has 8 heteroatoms. The maximum Gasteiger partial charge on any atom is 0.220 e. The van der Waals surface area contributed by atoms with Gasteiger partial charge in [-0.1, -0.05) is 24.1 Å². The smallest absolute Gasteiger partial charge is 0.220 e. The first kappa shape index (κ1) is 23.6. The van der Waals surface area contributed by atoms with E-state index in [1.807, 2.05) is 6.92 Å². The van der Waals surface area contributed by atoms with Gasteiger partial charge in [-0.2, -0.15) is 0 Å². The molecule has 6 nitrogen and oxygen atoms in total. The number of halogens is 2. The molecule has 1 fully saturated rings. The summed E-state index contributed by atoms with van der Waals surface area (Å²) in [6.07, 6.45) is 2.88. The molecule has 1 saturated heterocycles. The number of amides is 2. The highest BCUT2D eigenvalue weighted by molar-refractivity contribution is 6.31. The molecule has 0 aromatic heterocycles. The van der Waals surface area contributed by atoms with E-state index in [9.17, 15) is 14.0 Å². The third-order valence-electron chi connectivity index (χ3n) is 4.99. The van der Waals surface area contributed by atoms with Crippen molar-refractivity contribution in [2.75, 3.05) is 32.8 Å². The van der Waals surface area contributed by atoms with Crippen LogP contribution in [0.3, 0.4) is 0 Å². The van der Waals surface area contributed by atoms with Crippen LogP contribution in [0.4, 0.5) is 4.39 Å². The summed E-state index contributed by atoms with van der Waals surface area (Å²) in [7, 11) is 0. The maximum absolute atomic E-state index is 14.6. The lowest BCUT2D eigenvalue weighted by molar-refractivity contribution is -0.122. The van der Waals surface area contributed by atoms with Gasteiger partial charge in [0.05, 0.1) is 18.8 Å². The van der Waals surface area contributed by atoms with E-state index in [4.69, 9.17) is 16.3 Å². The van der Waals surface area contributed by atoms with Gasteiger partial charge >= 0.3 is 0 Å². The summed E-state index contributed by atoms with van der Waals surface area (Å²) < 4.78 is 20.2. The van der Waals surface area contributed by atoms with Crippen LogP contribution in [0.5, 0.6) is 0 Å². The number of rotatable bonds is 10. The van der Waals surface area contributed by atoms with E-state index in [0.29, 0.717) is 43.2 Å². The Morgan fingerprint density at radius 2 is 2.10 bits per heavy atom. The van der Waals surface area contributed by atoms with Crippen LogP contribution in [0.25, 0.3) is 0 Å². The third kappa shape index (κ3) is 7.91. The molecule has 0 radical (unpaired) electrons. The fourth-order valence-corrected chi connectivity index (χ4v) is 3.81. The van der Waals surface area contributed by atoms with Crippen LogP contribution in [-0.4, -0.2) is 55.6 Å². The summed E-state index contributed by atoms with van der Waals surface area (Å²) in [6.45, 7) is 6.24. The average molecular weight is 428 g/mol. The summed E-state index contributed by atoms with van der Waals surface area (Å²) >= 11 is 6.31. The minimum Gasteiger partial charge on any atom is -0.376 e. The van der Waals surface area contributed by atoms with Crippen LogP contribution in [-0.2, 0) is 14.3 Å². The van der Waals surface area contributed by atoms with E-state index in [1.165, 1.54) is 13.0 Å². The standard InChI is InChI=1S/C21H31ClFN3O3/c1-15-14-26(11-12-29-15)19(21-17(22)7-6-8-18(21)23)13-25-20(28)9-4-3-5-10-24-16(2)27/h6-8,15,19H,3-5,9-14H2,1-2H3,(H,24,27)(H,25,28). The molecule has 0 spiro atoms. The second-order valence-electron chi connectivity index (χ2n) is 7.43. The van der Waals surface area contributed by atoms with Gasteiger partial charge in [-0.25, -0.2) is 4.39 Å². The minimum absolute atomic E-state index is 0.0381. The molecule has 1 heterocycles. The lowest BCUT2D eigenvalue weighted by atomic mass is 10.0. The van der Waals surface area contributed by atoms with Gasteiger partial charge in [-0.05, 0) is 31.9 Å². The number of benzene rings is 1. The minimum atomic E-state index is -0.367. The SMILES string of the molecule is CC(=O)NCCCCCC(=O)NCC(c1c(F)cccc1Cl)N1CCOC(C)C1. The number of morpholine rings is 1. The molecule has 0 aliphatic carbocycles. The Kier molecular flexibility index (Phi) is 9.84. The van der Waals surface area contributed by atoms with Gasteiger partial charge in [0.1, 0.15) is 5.82 Å². The number of nitrogens with zero attached hydrogens (tertiary/aromatic N) is 1. The average Bonchev–Trinajstić information content (AvgIpc) is 2.66. The zero-order valence-corrected chi connectivity index (χ0v) is 17.9. The molecule has 1 aliphatic heterocycles. The number of hydrogen-bond acceptors (Lipinski definition) is 4. The Balaban J connectivity index is 1.91. The van der Waals surface area contributed by atoms with E-state index in [0.717, 1.165) is 19.3 Å². The molecule has 2 rings (SSSR count). The fourth-order valence-electron chi connectivity index (χ4n) is 3.52. The molecular weight excluding hydrogens is 397 g/mol. The van der Waals surface area contributed by atoms with E-state index in [-0.39, 0.29) is 36.3 Å². The van der Waals surface area contributed by atoms with Gasteiger partial charge < -0.3 is 15.4 Å². The Labute approximate surface area is 177 Å². The quantitative estimate of drug-likeness (QED) is 0.563. The lowest BCUT2D eigenvalue weighted by Gasteiger charge is -2.38. The van der Waals surface area contributed by atoms with Crippen LogP contribution < -0.4 is 10.6 Å². The largest absolute Gasteiger partial charge is 0.376 e. The van der Waals surface area contributed by atoms with Crippen molar-refractivity contribution in [1.82, 2.24) is 15.5 Å². The maximum atomic E-state index is 14.6. The zero-order valence-electron chi connectivity index (χ0n) is 17.2. The van der Waals surface area contributed by atoms with E-state index in [1.54, 1.807) is 12.1 Å². The summed E-state index contributed by atoms with van der Waals surface area (Å²) in [4.78, 5) is 25.2. The molecule has 2 amide bonds. The third-order valence-corrected chi connectivity index (χ3v) is 5.32. The van der Waals surface area contributed by atoms with Crippen molar-refractivity contribution >= 4 is 23.4 Å². The van der Waals surface area contributed by atoms with Crippen molar-refractivity contribution in [1.29, 1.82) is 0 Å². The molecule has 1 aromatic rings. The van der Waals surface area contributed by atoms with Gasteiger partial charge in [0.15, 0.2) is 0 Å². The molecule has 162 valence electrons. The number of nitrogens with one attached hydrogen (secondary N) is 2. The van der Waals surface area contributed by atoms with Crippen molar-refractivity contribution in [3.8, 4) is 0 Å². The first-order chi connectivity index (χ1) is 13.9.